The van der Waals surface area contributed by atoms with Gasteiger partial charge in [0.15, 0.2) is 13.1 Å². The molecule has 0 aromatic heterocycles. The van der Waals surface area contributed by atoms with Gasteiger partial charge in [-0.2, -0.15) is 0 Å². The molecule has 0 fully saturated rings. The zero-order valence-electron chi connectivity index (χ0n) is 18.9. The van der Waals surface area contributed by atoms with Crippen LogP contribution >= 0.6 is 0 Å². The zero-order chi connectivity index (χ0) is 23.7. The molecule has 0 bridgehead atoms. The van der Waals surface area contributed by atoms with E-state index in [1.807, 2.05) is 44.2 Å². The lowest BCUT2D eigenvalue weighted by molar-refractivity contribution is -0.910. The Morgan fingerprint density at radius 2 is 1.69 bits per heavy atom. The highest BCUT2D eigenvalue weighted by Gasteiger charge is 2.31. The molecule has 7 nitrogen and oxygen atoms in total. The summed E-state index contributed by atoms with van der Waals surface area (Å²) in [5.74, 6) is -2.16. The van der Waals surface area contributed by atoms with Crippen LogP contribution in [-0.4, -0.2) is 55.6 Å². The van der Waals surface area contributed by atoms with Gasteiger partial charge < -0.3 is 19.3 Å². The van der Waals surface area contributed by atoms with E-state index in [9.17, 15) is 18.8 Å². The first-order valence-corrected chi connectivity index (χ1v) is 10.5. The number of carbonyl (C=O) groups is 3. The standard InChI is InChI=1S/C24H29FN2O5/c1-5-27(6-2,15-22(29)32-16-18-10-8-7-9-11-18)14-21(28)26-23-17(3)12-19(25)13-20(23)24(30)31-4/h7-13H,5-6,14-16H2,1-4H3/p+1. The SMILES string of the molecule is CC[N+](CC)(CC(=O)Nc1c(C)cc(F)cc1C(=O)OC)CC(=O)OCc1ccccc1. The van der Waals surface area contributed by atoms with Crippen LogP contribution in [0.15, 0.2) is 42.5 Å². The van der Waals surface area contributed by atoms with Crippen LogP contribution in [0.2, 0.25) is 0 Å². The van der Waals surface area contributed by atoms with Gasteiger partial charge in [0.25, 0.3) is 5.91 Å². The molecule has 0 aliphatic carbocycles. The molecule has 0 spiro atoms. The minimum absolute atomic E-state index is 0.00906. The van der Waals surface area contributed by atoms with Gasteiger partial charge in [0.1, 0.15) is 12.4 Å². The van der Waals surface area contributed by atoms with Gasteiger partial charge in [0, 0.05) is 0 Å². The number of rotatable bonds is 10. The van der Waals surface area contributed by atoms with E-state index in [0.29, 0.717) is 18.7 Å². The van der Waals surface area contributed by atoms with Crippen LogP contribution in [0.1, 0.15) is 35.3 Å². The van der Waals surface area contributed by atoms with Gasteiger partial charge in [-0.3, -0.25) is 4.79 Å². The third-order valence-corrected chi connectivity index (χ3v) is 5.50. The second-order valence-electron chi connectivity index (χ2n) is 7.62. The Labute approximate surface area is 187 Å². The van der Waals surface area contributed by atoms with Crippen LogP contribution in [0, 0.1) is 12.7 Å². The van der Waals surface area contributed by atoms with Crippen LogP contribution in [-0.2, 0) is 25.7 Å². The van der Waals surface area contributed by atoms with Gasteiger partial charge in [-0.1, -0.05) is 30.3 Å². The van der Waals surface area contributed by atoms with Crippen molar-refractivity contribution < 1.29 is 32.7 Å². The largest absolute Gasteiger partial charge is 0.465 e. The summed E-state index contributed by atoms with van der Waals surface area (Å²) < 4.78 is 24.1. The van der Waals surface area contributed by atoms with E-state index in [-0.39, 0.29) is 35.4 Å². The molecule has 0 saturated carbocycles. The van der Waals surface area contributed by atoms with Gasteiger partial charge in [0.2, 0.25) is 0 Å². The fourth-order valence-electron chi connectivity index (χ4n) is 3.45. The number of carbonyl (C=O) groups excluding carboxylic acids is 3. The first kappa shape index (κ1) is 25.0. The maximum absolute atomic E-state index is 13.8. The van der Waals surface area contributed by atoms with Crippen LogP contribution in [0.25, 0.3) is 0 Å². The second-order valence-corrected chi connectivity index (χ2v) is 7.62. The van der Waals surface area contributed by atoms with Crippen molar-refractivity contribution >= 4 is 23.5 Å². The molecule has 0 atom stereocenters. The fraction of sp³-hybridized carbons (Fsp3) is 0.375. The van der Waals surface area contributed by atoms with Crippen molar-refractivity contribution in [3.8, 4) is 0 Å². The predicted octanol–water partition coefficient (Wildman–Crippen LogP) is 3.46. The second kappa shape index (κ2) is 11.4. The topological polar surface area (TPSA) is 81.7 Å². The fourth-order valence-corrected chi connectivity index (χ4v) is 3.45. The number of aryl methyl sites for hydroxylation is 1. The number of esters is 2. The summed E-state index contributed by atoms with van der Waals surface area (Å²) in [6.07, 6.45) is 0. The van der Waals surface area contributed by atoms with Crippen molar-refractivity contribution in [3.05, 3.63) is 65.0 Å². The highest BCUT2D eigenvalue weighted by atomic mass is 19.1. The van der Waals surface area contributed by atoms with Crippen LogP contribution in [0.4, 0.5) is 10.1 Å². The van der Waals surface area contributed by atoms with Gasteiger partial charge in [-0.15, -0.1) is 0 Å². The number of amides is 1. The highest BCUT2D eigenvalue weighted by molar-refractivity contribution is 6.02. The molecule has 0 aliphatic heterocycles. The Bertz CT molecular complexity index is 958. The minimum Gasteiger partial charge on any atom is -0.465 e. The van der Waals surface area contributed by atoms with Crippen LogP contribution < -0.4 is 5.32 Å². The van der Waals surface area contributed by atoms with Gasteiger partial charge in [-0.05, 0) is 44.0 Å². The van der Waals surface area contributed by atoms with Crippen molar-refractivity contribution in [2.75, 3.05) is 38.6 Å². The lowest BCUT2D eigenvalue weighted by Gasteiger charge is -2.35. The molecular weight excluding hydrogens is 415 g/mol. The molecule has 1 N–H and O–H groups in total. The van der Waals surface area contributed by atoms with E-state index in [0.717, 1.165) is 11.6 Å². The van der Waals surface area contributed by atoms with Crippen molar-refractivity contribution in [3.63, 3.8) is 0 Å². The number of nitrogens with zero attached hydrogens (tertiary/aromatic N) is 1. The third kappa shape index (κ3) is 6.62. The Balaban J connectivity index is 2.11. The van der Waals surface area contributed by atoms with Crippen LogP contribution in [0.3, 0.4) is 0 Å². The molecule has 0 saturated heterocycles. The molecule has 2 aromatic rings. The molecule has 0 unspecified atom stereocenters. The van der Waals surface area contributed by atoms with Crippen molar-refractivity contribution in [2.45, 2.75) is 27.4 Å². The molecule has 2 rings (SSSR count). The smallest absolute Gasteiger partial charge is 0.362 e. The van der Waals surface area contributed by atoms with Crippen molar-refractivity contribution in [1.29, 1.82) is 0 Å². The van der Waals surface area contributed by atoms with E-state index in [1.165, 1.54) is 13.2 Å². The third-order valence-electron chi connectivity index (χ3n) is 5.50. The Hall–Kier alpha value is -3.26. The van der Waals surface area contributed by atoms with E-state index >= 15 is 0 Å². The van der Waals surface area contributed by atoms with Gasteiger partial charge >= 0.3 is 11.9 Å². The molecule has 1 amide bonds. The zero-order valence-corrected chi connectivity index (χ0v) is 18.9. The molecule has 0 heterocycles. The number of benzene rings is 2. The maximum Gasteiger partial charge on any atom is 0.362 e. The molecule has 2 aromatic carbocycles. The summed E-state index contributed by atoms with van der Waals surface area (Å²) in [6.45, 7) is 6.61. The number of nitrogens with one attached hydrogen (secondary N) is 1. The molecule has 0 radical (unpaired) electrons. The van der Waals surface area contributed by atoms with E-state index in [2.05, 4.69) is 5.32 Å². The summed E-state index contributed by atoms with van der Waals surface area (Å²) in [4.78, 5) is 37.4. The van der Waals surface area contributed by atoms with Gasteiger partial charge in [0.05, 0.1) is 31.5 Å². The number of halogens is 1. The number of hydrogen-bond donors (Lipinski definition) is 1. The quantitative estimate of drug-likeness (QED) is 0.447. The number of likely N-dealkylation sites (N-methyl/N-ethyl adjacent to an activating group) is 1. The summed E-state index contributed by atoms with van der Waals surface area (Å²) in [5.41, 5.74) is 1.41. The predicted molar refractivity (Wildman–Crippen MR) is 118 cm³/mol. The molecule has 8 heteroatoms. The minimum atomic E-state index is -0.751. The number of hydrogen-bond acceptors (Lipinski definition) is 5. The van der Waals surface area contributed by atoms with Crippen LogP contribution in [0.5, 0.6) is 0 Å². The first-order chi connectivity index (χ1) is 15.2. The van der Waals surface area contributed by atoms with E-state index in [4.69, 9.17) is 9.47 Å². The summed E-state index contributed by atoms with van der Waals surface area (Å²) >= 11 is 0. The average Bonchev–Trinajstić information content (AvgIpc) is 2.79. The monoisotopic (exact) mass is 445 g/mol. The van der Waals surface area contributed by atoms with Crippen molar-refractivity contribution in [1.82, 2.24) is 0 Å². The summed E-state index contributed by atoms with van der Waals surface area (Å²) in [6, 6.07) is 11.6. The summed E-state index contributed by atoms with van der Waals surface area (Å²) in [5, 5.41) is 2.70. The molecule has 172 valence electrons. The first-order valence-electron chi connectivity index (χ1n) is 10.5. The normalized spacial score (nSPS) is 11.0. The maximum atomic E-state index is 13.8. The van der Waals surface area contributed by atoms with Crippen molar-refractivity contribution in [2.24, 2.45) is 0 Å². The lowest BCUT2D eigenvalue weighted by atomic mass is 10.1. The molecular formula is C24H30FN2O5+. The Morgan fingerprint density at radius 1 is 1.03 bits per heavy atom. The Kier molecular flexibility index (Phi) is 8.90. The summed E-state index contributed by atoms with van der Waals surface area (Å²) in [7, 11) is 1.19. The lowest BCUT2D eigenvalue weighted by Crippen LogP contribution is -2.55. The average molecular weight is 446 g/mol. The Morgan fingerprint density at radius 3 is 2.28 bits per heavy atom. The highest BCUT2D eigenvalue weighted by Crippen LogP contribution is 2.24. The number of quaternary nitrogens is 1. The molecule has 0 aliphatic rings. The van der Waals surface area contributed by atoms with E-state index < -0.39 is 23.7 Å². The molecule has 32 heavy (non-hydrogen) atoms. The van der Waals surface area contributed by atoms with E-state index in [1.54, 1.807) is 6.92 Å². The number of methoxy groups -OCH3 is 1. The number of ether oxygens (including phenoxy) is 2. The number of anilines is 1. The van der Waals surface area contributed by atoms with Gasteiger partial charge in [-0.25, -0.2) is 14.0 Å².